The minimum Gasteiger partial charge on any atom is -0.442 e. The van der Waals surface area contributed by atoms with Crippen molar-refractivity contribution in [3.8, 4) is 5.82 Å². The molecule has 0 spiro atoms. The van der Waals surface area contributed by atoms with E-state index in [-0.39, 0.29) is 5.90 Å². The van der Waals surface area contributed by atoms with Gasteiger partial charge in [-0.05, 0) is 49.2 Å². The standard InChI is InChI=1S/C17H15N5O2/c1-10-7-12-14(8-11(10)2)19-16(24-17(12)23)13-3-4-15(21-20-13)22-6-5-18-9-22/h3-9,17,23H,1-2H3. The number of imidazole rings is 1. The number of hydrogen-bond acceptors (Lipinski definition) is 6. The Bertz CT molecular complexity index is 917. The van der Waals surface area contributed by atoms with Crippen molar-refractivity contribution in [2.45, 2.75) is 20.1 Å². The summed E-state index contributed by atoms with van der Waals surface area (Å²) in [6, 6.07) is 7.37. The van der Waals surface area contributed by atoms with Crippen LogP contribution in [0.4, 0.5) is 5.69 Å². The lowest BCUT2D eigenvalue weighted by molar-refractivity contribution is -0.0318. The van der Waals surface area contributed by atoms with E-state index in [9.17, 15) is 5.11 Å². The van der Waals surface area contributed by atoms with E-state index < -0.39 is 6.29 Å². The molecular weight excluding hydrogens is 306 g/mol. The van der Waals surface area contributed by atoms with Gasteiger partial charge in [0.25, 0.3) is 0 Å². The van der Waals surface area contributed by atoms with Crippen LogP contribution < -0.4 is 0 Å². The molecule has 0 saturated carbocycles. The van der Waals surface area contributed by atoms with E-state index >= 15 is 0 Å². The Morgan fingerprint density at radius 2 is 1.96 bits per heavy atom. The van der Waals surface area contributed by atoms with Crippen LogP contribution in [-0.2, 0) is 4.74 Å². The van der Waals surface area contributed by atoms with Gasteiger partial charge in [-0.15, -0.1) is 10.2 Å². The van der Waals surface area contributed by atoms with Crippen LogP contribution in [0.25, 0.3) is 5.82 Å². The van der Waals surface area contributed by atoms with Crippen molar-refractivity contribution in [3.05, 3.63) is 65.4 Å². The number of aliphatic hydroxyl groups is 1. The highest BCUT2D eigenvalue weighted by molar-refractivity contribution is 5.95. The van der Waals surface area contributed by atoms with Gasteiger partial charge in [-0.2, -0.15) is 0 Å². The van der Waals surface area contributed by atoms with Gasteiger partial charge in [0.15, 0.2) is 5.82 Å². The first-order valence-corrected chi connectivity index (χ1v) is 7.49. The Balaban J connectivity index is 1.71. The van der Waals surface area contributed by atoms with E-state index in [0.717, 1.165) is 11.1 Å². The van der Waals surface area contributed by atoms with Crippen LogP contribution in [0.5, 0.6) is 0 Å². The van der Waals surface area contributed by atoms with Crippen LogP contribution in [-0.4, -0.2) is 30.8 Å². The van der Waals surface area contributed by atoms with Gasteiger partial charge in [0.2, 0.25) is 12.2 Å². The molecule has 0 bridgehead atoms. The summed E-state index contributed by atoms with van der Waals surface area (Å²) in [4.78, 5) is 8.45. The molecule has 0 fully saturated rings. The molecule has 3 aromatic rings. The summed E-state index contributed by atoms with van der Waals surface area (Å²) in [6.07, 6.45) is 4.02. The SMILES string of the molecule is Cc1cc2c(cc1C)C(O)OC(c1ccc(-n3ccnc3)nn1)=N2. The molecule has 0 aliphatic carbocycles. The molecule has 120 valence electrons. The Hall–Kier alpha value is -3.06. The fraction of sp³-hybridized carbons (Fsp3) is 0.176. The number of aliphatic imine (C=N–C) groups is 1. The van der Waals surface area contributed by atoms with Gasteiger partial charge in [0.05, 0.1) is 5.69 Å². The van der Waals surface area contributed by atoms with Gasteiger partial charge in [0.1, 0.15) is 12.0 Å². The van der Waals surface area contributed by atoms with Crippen LogP contribution in [0.3, 0.4) is 0 Å². The van der Waals surface area contributed by atoms with E-state index in [0.29, 0.717) is 22.8 Å². The second-order valence-electron chi connectivity index (χ2n) is 5.63. The monoisotopic (exact) mass is 321 g/mol. The summed E-state index contributed by atoms with van der Waals surface area (Å²) < 4.78 is 7.25. The zero-order valence-electron chi connectivity index (χ0n) is 13.2. The third kappa shape index (κ3) is 2.44. The Kier molecular flexibility index (Phi) is 3.35. The van der Waals surface area contributed by atoms with Crippen molar-refractivity contribution < 1.29 is 9.84 Å². The fourth-order valence-corrected chi connectivity index (χ4v) is 2.51. The number of nitrogens with zero attached hydrogens (tertiary/aromatic N) is 5. The lowest BCUT2D eigenvalue weighted by Gasteiger charge is -2.22. The number of aliphatic hydroxyl groups excluding tert-OH is 1. The summed E-state index contributed by atoms with van der Waals surface area (Å²) in [5.74, 6) is 0.892. The molecule has 7 heteroatoms. The smallest absolute Gasteiger partial charge is 0.245 e. The van der Waals surface area contributed by atoms with Gasteiger partial charge < -0.3 is 9.84 Å². The van der Waals surface area contributed by atoms with Crippen LogP contribution >= 0.6 is 0 Å². The maximum atomic E-state index is 10.2. The van der Waals surface area contributed by atoms with Crippen molar-refractivity contribution in [1.82, 2.24) is 19.7 Å². The zero-order chi connectivity index (χ0) is 16.7. The molecule has 0 amide bonds. The molecule has 4 rings (SSSR count). The van der Waals surface area contributed by atoms with Crippen molar-refractivity contribution in [1.29, 1.82) is 0 Å². The normalized spacial score (nSPS) is 16.3. The van der Waals surface area contributed by atoms with Crippen molar-refractivity contribution in [3.63, 3.8) is 0 Å². The number of ether oxygens (including phenoxy) is 1. The highest BCUT2D eigenvalue weighted by atomic mass is 16.6. The van der Waals surface area contributed by atoms with E-state index in [1.54, 1.807) is 35.4 Å². The zero-order valence-corrected chi connectivity index (χ0v) is 13.2. The minimum absolute atomic E-state index is 0.253. The molecular formula is C17H15N5O2. The van der Waals surface area contributed by atoms with Gasteiger partial charge in [-0.1, -0.05) is 0 Å². The molecule has 2 aromatic heterocycles. The van der Waals surface area contributed by atoms with Crippen LogP contribution in [0.2, 0.25) is 0 Å². The quantitative estimate of drug-likeness (QED) is 0.783. The molecule has 1 aromatic carbocycles. The largest absolute Gasteiger partial charge is 0.442 e. The maximum Gasteiger partial charge on any atom is 0.245 e. The van der Waals surface area contributed by atoms with E-state index in [1.165, 1.54) is 0 Å². The van der Waals surface area contributed by atoms with E-state index in [4.69, 9.17) is 4.74 Å². The van der Waals surface area contributed by atoms with Crippen LogP contribution in [0, 0.1) is 13.8 Å². The summed E-state index contributed by atoms with van der Waals surface area (Å²) in [5.41, 5.74) is 3.99. The Morgan fingerprint density at radius 3 is 2.67 bits per heavy atom. The minimum atomic E-state index is -1.07. The average molecular weight is 321 g/mol. The third-order valence-corrected chi connectivity index (χ3v) is 3.99. The molecule has 0 radical (unpaired) electrons. The van der Waals surface area contributed by atoms with Crippen molar-refractivity contribution >= 4 is 11.6 Å². The van der Waals surface area contributed by atoms with Crippen molar-refractivity contribution in [2.24, 2.45) is 4.99 Å². The average Bonchev–Trinajstić information content (AvgIpc) is 3.11. The molecule has 1 aliphatic heterocycles. The third-order valence-electron chi connectivity index (χ3n) is 3.99. The van der Waals surface area contributed by atoms with Gasteiger partial charge in [-0.25, -0.2) is 9.98 Å². The molecule has 1 N–H and O–H groups in total. The highest BCUT2D eigenvalue weighted by Crippen LogP contribution is 2.34. The second kappa shape index (κ2) is 5.54. The van der Waals surface area contributed by atoms with Crippen molar-refractivity contribution in [2.75, 3.05) is 0 Å². The number of hydrogen-bond donors (Lipinski definition) is 1. The number of benzene rings is 1. The van der Waals surface area contributed by atoms with Gasteiger partial charge >= 0.3 is 0 Å². The summed E-state index contributed by atoms with van der Waals surface area (Å²) in [5, 5.41) is 18.5. The predicted molar refractivity (Wildman–Crippen MR) is 87.3 cm³/mol. The molecule has 24 heavy (non-hydrogen) atoms. The number of fused-ring (bicyclic) bond motifs is 1. The Labute approximate surface area is 138 Å². The van der Waals surface area contributed by atoms with Gasteiger partial charge in [0, 0.05) is 18.0 Å². The summed E-state index contributed by atoms with van der Waals surface area (Å²) in [6.45, 7) is 3.99. The van der Waals surface area contributed by atoms with Gasteiger partial charge in [-0.3, -0.25) is 4.57 Å². The van der Waals surface area contributed by atoms with Crippen LogP contribution in [0.1, 0.15) is 28.7 Å². The first-order valence-electron chi connectivity index (χ1n) is 7.49. The number of aromatic nitrogens is 4. The molecule has 1 aliphatic rings. The lowest BCUT2D eigenvalue weighted by Crippen LogP contribution is -2.18. The molecule has 3 heterocycles. The first kappa shape index (κ1) is 14.5. The number of aryl methyl sites for hydroxylation is 2. The molecule has 7 nitrogen and oxygen atoms in total. The predicted octanol–water partition coefficient (Wildman–Crippen LogP) is 2.38. The lowest BCUT2D eigenvalue weighted by atomic mass is 10.0. The number of rotatable bonds is 2. The molecule has 0 saturated heterocycles. The maximum absolute atomic E-state index is 10.2. The van der Waals surface area contributed by atoms with Crippen LogP contribution in [0.15, 0.2) is 48.0 Å². The summed E-state index contributed by atoms with van der Waals surface area (Å²) >= 11 is 0. The second-order valence-corrected chi connectivity index (χ2v) is 5.63. The van der Waals surface area contributed by atoms with E-state index in [2.05, 4.69) is 20.2 Å². The fourth-order valence-electron chi connectivity index (χ4n) is 2.51. The topological polar surface area (TPSA) is 85.4 Å². The molecule has 1 unspecified atom stereocenters. The van der Waals surface area contributed by atoms with E-state index in [1.807, 2.05) is 26.0 Å². The Morgan fingerprint density at radius 1 is 1.12 bits per heavy atom. The molecule has 1 atom stereocenters. The highest BCUT2D eigenvalue weighted by Gasteiger charge is 2.24. The summed E-state index contributed by atoms with van der Waals surface area (Å²) in [7, 11) is 0. The first-order chi connectivity index (χ1) is 11.6.